The van der Waals surface area contributed by atoms with Crippen molar-refractivity contribution in [1.82, 2.24) is 14.3 Å². The lowest BCUT2D eigenvalue weighted by Crippen LogP contribution is -2.36. The minimum absolute atomic E-state index is 0.0309. The molecule has 0 aliphatic carbocycles. The van der Waals surface area contributed by atoms with Crippen molar-refractivity contribution in [2.24, 2.45) is 4.99 Å². The third-order valence-electron chi connectivity index (χ3n) is 10.1. The first-order valence-corrected chi connectivity index (χ1v) is 15.9. The van der Waals surface area contributed by atoms with E-state index in [-0.39, 0.29) is 6.04 Å². The predicted octanol–water partition coefficient (Wildman–Crippen LogP) is 10.3. The van der Waals surface area contributed by atoms with E-state index >= 15 is 0 Å². The highest BCUT2D eigenvalue weighted by Crippen LogP contribution is 2.46. The summed E-state index contributed by atoms with van der Waals surface area (Å²) in [6.07, 6.45) is 0. The Morgan fingerprint density at radius 2 is 1.17 bits per heavy atom. The highest BCUT2D eigenvalue weighted by molar-refractivity contribution is 6.35. The number of benzene rings is 7. The molecule has 0 saturated heterocycles. The van der Waals surface area contributed by atoms with E-state index in [2.05, 4.69) is 160 Å². The van der Waals surface area contributed by atoms with Crippen LogP contribution in [0.15, 0.2) is 151 Å². The van der Waals surface area contributed by atoms with Crippen LogP contribution in [0, 0.1) is 0 Å². The number of rotatable bonds is 1. The highest BCUT2D eigenvalue weighted by Gasteiger charge is 2.29. The van der Waals surface area contributed by atoms with Gasteiger partial charge in [0, 0.05) is 37.9 Å². The number of aliphatic imine (C=N–C) groups is 1. The van der Waals surface area contributed by atoms with E-state index in [1.807, 2.05) is 0 Å². The van der Waals surface area contributed by atoms with Gasteiger partial charge in [0.1, 0.15) is 0 Å². The van der Waals surface area contributed by atoms with Gasteiger partial charge in [0.15, 0.2) is 0 Å². The second-order valence-corrected chi connectivity index (χ2v) is 12.4. The van der Waals surface area contributed by atoms with E-state index in [0.717, 1.165) is 17.2 Å². The standard InChI is InChI=1S/C42H26N4/c1-2-12-25(13-3-1)39-32-17-6-8-21-33(32)43-42(44-39)46-35-23-11-18-29-31-20-10-19-30-28-16-7-9-22-34(28)45(40(30)31)36-24-26-14-4-5-15-27(26)41(46)38(36)37(29)35/h1-24,39H,(H,43,44). The first-order chi connectivity index (χ1) is 22.8. The van der Waals surface area contributed by atoms with Crippen LogP contribution in [0.3, 0.4) is 0 Å². The van der Waals surface area contributed by atoms with Crippen molar-refractivity contribution in [2.75, 3.05) is 0 Å². The third kappa shape index (κ3) is 3.01. The van der Waals surface area contributed by atoms with Crippen LogP contribution in [0.1, 0.15) is 17.2 Å². The van der Waals surface area contributed by atoms with Gasteiger partial charge < -0.3 is 9.72 Å². The molecule has 1 unspecified atom stereocenters. The Hall–Kier alpha value is -6.13. The lowest BCUT2D eigenvalue weighted by Gasteiger charge is -2.28. The topological polar surface area (TPSA) is 33.7 Å². The Bertz CT molecular complexity index is 2890. The minimum Gasteiger partial charge on any atom is -0.344 e. The zero-order valence-electron chi connectivity index (χ0n) is 24.8. The van der Waals surface area contributed by atoms with Crippen LogP contribution in [0.2, 0.25) is 0 Å². The van der Waals surface area contributed by atoms with Gasteiger partial charge in [-0.2, -0.15) is 0 Å². The van der Waals surface area contributed by atoms with E-state index in [1.165, 1.54) is 76.3 Å². The van der Waals surface area contributed by atoms with Gasteiger partial charge in [0.05, 0.1) is 39.3 Å². The largest absolute Gasteiger partial charge is 0.344 e. The molecular formula is C42H26N4. The van der Waals surface area contributed by atoms with Crippen molar-refractivity contribution in [3.8, 4) is 0 Å². The summed E-state index contributed by atoms with van der Waals surface area (Å²) in [5, 5.41) is 13.9. The molecule has 0 amide bonds. The fourth-order valence-electron chi connectivity index (χ4n) is 8.22. The van der Waals surface area contributed by atoms with Gasteiger partial charge in [0.25, 0.3) is 0 Å². The maximum atomic E-state index is 5.36. The lowest BCUT2D eigenvalue weighted by atomic mass is 9.96. The van der Waals surface area contributed by atoms with Gasteiger partial charge >= 0.3 is 0 Å². The number of nitrogens with one attached hydrogen (secondary N) is 1. The van der Waals surface area contributed by atoms with Gasteiger partial charge in [-0.1, -0.05) is 121 Å². The van der Waals surface area contributed by atoms with Crippen molar-refractivity contribution < 1.29 is 0 Å². The first kappa shape index (κ1) is 24.2. The summed E-state index contributed by atoms with van der Waals surface area (Å²) in [5.41, 5.74) is 9.40. The molecule has 0 bridgehead atoms. The van der Waals surface area contributed by atoms with Gasteiger partial charge in [0.2, 0.25) is 5.96 Å². The van der Waals surface area contributed by atoms with Crippen LogP contribution >= 0.6 is 0 Å². The average molecular weight is 587 g/mol. The van der Waals surface area contributed by atoms with Crippen molar-refractivity contribution >= 4 is 82.3 Å². The second kappa shape index (κ2) is 8.74. The summed E-state index contributed by atoms with van der Waals surface area (Å²) in [5.74, 6) is 0.836. The number of nitrogens with zero attached hydrogens (tertiary/aromatic N) is 3. The van der Waals surface area contributed by atoms with E-state index in [9.17, 15) is 0 Å². The maximum Gasteiger partial charge on any atom is 0.209 e. The van der Waals surface area contributed by atoms with Crippen LogP contribution in [0.5, 0.6) is 0 Å². The molecule has 1 atom stereocenters. The zero-order valence-corrected chi connectivity index (χ0v) is 24.8. The normalized spacial score (nSPS) is 15.0. The fourth-order valence-corrected chi connectivity index (χ4v) is 8.22. The number of fused-ring (bicyclic) bond motifs is 8. The quantitative estimate of drug-likeness (QED) is 0.204. The van der Waals surface area contributed by atoms with Gasteiger partial charge in [-0.25, -0.2) is 4.99 Å². The van der Waals surface area contributed by atoms with Gasteiger partial charge in [-0.05, 0) is 40.6 Å². The van der Waals surface area contributed by atoms with Crippen molar-refractivity contribution in [2.45, 2.75) is 6.04 Å². The molecule has 7 aromatic carbocycles. The number of para-hydroxylation sites is 3. The van der Waals surface area contributed by atoms with Crippen LogP contribution in [-0.2, 0) is 0 Å². The van der Waals surface area contributed by atoms with Crippen molar-refractivity contribution in [3.05, 3.63) is 157 Å². The predicted molar refractivity (Wildman–Crippen MR) is 192 cm³/mol. The minimum atomic E-state index is -0.0309. The third-order valence-corrected chi connectivity index (χ3v) is 10.1. The van der Waals surface area contributed by atoms with Crippen LogP contribution in [-0.4, -0.2) is 14.9 Å². The molecule has 214 valence electrons. The molecular weight excluding hydrogens is 560 g/mol. The zero-order chi connectivity index (χ0) is 29.9. The lowest BCUT2D eigenvalue weighted by molar-refractivity contribution is 0.731. The number of hydrogen-bond donors (Lipinski definition) is 1. The average Bonchev–Trinajstić information content (AvgIpc) is 3.61. The maximum absolute atomic E-state index is 5.36. The van der Waals surface area contributed by atoms with E-state index in [1.54, 1.807) is 0 Å². The summed E-state index contributed by atoms with van der Waals surface area (Å²) in [6, 6.07) is 52.8. The second-order valence-electron chi connectivity index (χ2n) is 12.4. The molecule has 3 aromatic heterocycles. The molecule has 10 aromatic rings. The molecule has 46 heavy (non-hydrogen) atoms. The van der Waals surface area contributed by atoms with Crippen LogP contribution < -0.4 is 5.32 Å². The SMILES string of the molecule is c1ccc(C2NC(n3c4cccc5c6cccc7c8ccccc8n(c8cc9ccccc9c3c8c54)c67)=Nc3ccccc32)cc1. The first-order valence-electron chi connectivity index (χ1n) is 15.9. The number of hydrogen-bond acceptors (Lipinski definition) is 2. The molecule has 4 heteroatoms. The van der Waals surface area contributed by atoms with Crippen molar-refractivity contribution in [3.63, 3.8) is 0 Å². The molecule has 0 radical (unpaired) electrons. The summed E-state index contributed by atoms with van der Waals surface area (Å²) >= 11 is 0. The molecule has 1 aliphatic heterocycles. The Balaban J connectivity index is 1.38. The summed E-state index contributed by atoms with van der Waals surface area (Å²) in [6.45, 7) is 0. The fraction of sp³-hybridized carbons (Fsp3) is 0.0238. The van der Waals surface area contributed by atoms with Crippen LogP contribution in [0.25, 0.3) is 70.7 Å². The molecule has 0 saturated carbocycles. The molecule has 0 fully saturated rings. The monoisotopic (exact) mass is 586 g/mol. The summed E-state index contributed by atoms with van der Waals surface area (Å²) in [4.78, 5) is 5.36. The van der Waals surface area contributed by atoms with Gasteiger partial charge in [-0.3, -0.25) is 4.57 Å². The Labute approximate surface area is 263 Å². The highest BCUT2D eigenvalue weighted by atomic mass is 15.2. The smallest absolute Gasteiger partial charge is 0.209 e. The Morgan fingerprint density at radius 1 is 0.500 bits per heavy atom. The molecule has 4 heterocycles. The van der Waals surface area contributed by atoms with Gasteiger partial charge in [-0.15, -0.1) is 0 Å². The van der Waals surface area contributed by atoms with E-state index in [4.69, 9.17) is 4.99 Å². The molecule has 4 nitrogen and oxygen atoms in total. The van der Waals surface area contributed by atoms with Crippen molar-refractivity contribution in [1.29, 1.82) is 0 Å². The Kier molecular flexibility index (Phi) is 4.60. The molecule has 0 spiro atoms. The Morgan fingerprint density at radius 3 is 2.09 bits per heavy atom. The summed E-state index contributed by atoms with van der Waals surface area (Å²) < 4.78 is 4.90. The van der Waals surface area contributed by atoms with E-state index in [0.29, 0.717) is 0 Å². The summed E-state index contributed by atoms with van der Waals surface area (Å²) in [7, 11) is 0. The molecule has 11 rings (SSSR count). The molecule has 1 aliphatic rings. The van der Waals surface area contributed by atoms with E-state index < -0.39 is 0 Å². The molecule has 1 N–H and O–H groups in total. The van der Waals surface area contributed by atoms with Crippen LogP contribution in [0.4, 0.5) is 5.69 Å². The number of aromatic nitrogens is 2.